The lowest BCUT2D eigenvalue weighted by atomic mass is 10.0. The van der Waals surface area contributed by atoms with E-state index in [-0.39, 0.29) is 18.4 Å². The van der Waals surface area contributed by atoms with E-state index in [0.717, 1.165) is 11.1 Å². The number of para-hydroxylation sites is 1. The highest BCUT2D eigenvalue weighted by molar-refractivity contribution is 5.93. The van der Waals surface area contributed by atoms with Gasteiger partial charge in [-0.3, -0.25) is 4.79 Å². The second kappa shape index (κ2) is 9.19. The maximum absolute atomic E-state index is 13.0. The number of carbonyl (C=O) groups is 1. The molecule has 29 heavy (non-hydrogen) atoms. The topological polar surface area (TPSA) is 61.7 Å². The van der Waals surface area contributed by atoms with Gasteiger partial charge in [0.05, 0.1) is 39.5 Å². The third kappa shape index (κ3) is 4.54. The van der Waals surface area contributed by atoms with Gasteiger partial charge in [-0.15, -0.1) is 0 Å². The molecule has 3 rings (SSSR count). The van der Waals surface area contributed by atoms with Gasteiger partial charge >= 0.3 is 0 Å². The van der Waals surface area contributed by atoms with Crippen molar-refractivity contribution in [3.8, 4) is 17.2 Å². The summed E-state index contributed by atoms with van der Waals surface area (Å²) in [5.41, 5.74) is 2.56. The van der Waals surface area contributed by atoms with Crippen molar-refractivity contribution in [2.24, 2.45) is 0 Å². The number of ether oxygens (including phenoxy) is 3. The number of methoxy groups -OCH3 is 3. The Balaban J connectivity index is 1.92. The maximum Gasteiger partial charge on any atom is 0.226 e. The number of benzene rings is 2. The summed E-state index contributed by atoms with van der Waals surface area (Å²) in [5, 5.41) is 2.98. The Morgan fingerprint density at radius 3 is 2.34 bits per heavy atom. The molecule has 1 heterocycles. The molecular formula is C23H26N2O4. The molecule has 0 unspecified atom stereocenters. The molecule has 3 aromatic rings. The number of hydrogen-bond donors (Lipinski definition) is 1. The Bertz CT molecular complexity index is 967. The van der Waals surface area contributed by atoms with E-state index in [2.05, 4.69) is 5.32 Å². The average molecular weight is 394 g/mol. The Morgan fingerprint density at radius 1 is 0.966 bits per heavy atom. The van der Waals surface area contributed by atoms with E-state index < -0.39 is 0 Å². The number of nitrogens with zero attached hydrogens (tertiary/aromatic N) is 1. The van der Waals surface area contributed by atoms with Gasteiger partial charge in [0.15, 0.2) is 11.5 Å². The standard InChI is InChI=1S/C23H26N2O4/c1-16-10-11-20(27-2)18(14-16)24-22(26)15-19(25-12-5-6-13-25)17-8-7-9-21(28-3)23(17)29-4/h5-14,19H,15H2,1-4H3,(H,24,26)/t19-/m0/s1. The molecule has 1 amide bonds. The maximum atomic E-state index is 13.0. The molecule has 0 bridgehead atoms. The molecule has 0 saturated heterocycles. The van der Waals surface area contributed by atoms with Crippen LogP contribution in [0.1, 0.15) is 23.6 Å². The van der Waals surface area contributed by atoms with Crippen LogP contribution < -0.4 is 19.5 Å². The lowest BCUT2D eigenvalue weighted by molar-refractivity contribution is -0.116. The van der Waals surface area contributed by atoms with Gasteiger partial charge in [0.1, 0.15) is 5.75 Å². The summed E-state index contributed by atoms with van der Waals surface area (Å²) in [7, 11) is 4.79. The molecule has 6 heteroatoms. The molecule has 0 saturated carbocycles. The first-order chi connectivity index (χ1) is 14.1. The van der Waals surface area contributed by atoms with Crippen LogP contribution in [0.5, 0.6) is 17.2 Å². The summed E-state index contributed by atoms with van der Waals surface area (Å²) < 4.78 is 18.4. The summed E-state index contributed by atoms with van der Waals surface area (Å²) in [6.07, 6.45) is 4.09. The summed E-state index contributed by atoms with van der Waals surface area (Å²) in [6, 6.07) is 15.0. The SMILES string of the molecule is COc1ccc(C)cc1NC(=O)C[C@@H](c1cccc(OC)c1OC)n1cccc1. The molecule has 0 aliphatic heterocycles. The normalized spacial score (nSPS) is 11.6. The minimum atomic E-state index is -0.258. The Kier molecular flexibility index (Phi) is 6.44. The van der Waals surface area contributed by atoms with Crippen LogP contribution in [0.15, 0.2) is 60.9 Å². The van der Waals surface area contributed by atoms with Crippen molar-refractivity contribution < 1.29 is 19.0 Å². The first-order valence-electron chi connectivity index (χ1n) is 9.35. The number of anilines is 1. The first kappa shape index (κ1) is 20.3. The van der Waals surface area contributed by atoms with Crippen LogP contribution in [-0.2, 0) is 4.79 Å². The van der Waals surface area contributed by atoms with Crippen LogP contribution in [0.2, 0.25) is 0 Å². The van der Waals surface area contributed by atoms with Gasteiger partial charge in [-0.25, -0.2) is 0 Å². The predicted octanol–water partition coefficient (Wildman–Crippen LogP) is 4.44. The third-order valence-corrected chi connectivity index (χ3v) is 4.79. The van der Waals surface area contributed by atoms with Crippen LogP contribution in [0.4, 0.5) is 5.69 Å². The number of amides is 1. The van der Waals surface area contributed by atoms with Gasteiger partial charge in [-0.2, -0.15) is 0 Å². The van der Waals surface area contributed by atoms with Crippen LogP contribution in [0, 0.1) is 6.92 Å². The number of rotatable bonds is 8. The Labute approximate surface area is 171 Å². The fourth-order valence-corrected chi connectivity index (χ4v) is 3.40. The van der Waals surface area contributed by atoms with E-state index in [4.69, 9.17) is 14.2 Å². The zero-order valence-electron chi connectivity index (χ0n) is 17.1. The van der Waals surface area contributed by atoms with Crippen LogP contribution in [0.25, 0.3) is 0 Å². The fraction of sp³-hybridized carbons (Fsp3) is 0.261. The number of carbonyl (C=O) groups excluding carboxylic acids is 1. The van der Waals surface area contributed by atoms with Crippen LogP contribution in [-0.4, -0.2) is 31.8 Å². The molecule has 2 aromatic carbocycles. The minimum absolute atomic E-state index is 0.127. The summed E-state index contributed by atoms with van der Waals surface area (Å²) in [5.74, 6) is 1.75. The number of hydrogen-bond acceptors (Lipinski definition) is 4. The van der Waals surface area contributed by atoms with Crippen molar-refractivity contribution in [3.05, 3.63) is 72.1 Å². The monoisotopic (exact) mass is 394 g/mol. The first-order valence-corrected chi connectivity index (χ1v) is 9.35. The van der Waals surface area contributed by atoms with Gasteiger partial charge < -0.3 is 24.1 Å². The molecule has 1 aromatic heterocycles. The number of aromatic nitrogens is 1. The molecular weight excluding hydrogens is 368 g/mol. The van der Waals surface area contributed by atoms with Gasteiger partial charge in [-0.1, -0.05) is 18.2 Å². The van der Waals surface area contributed by atoms with E-state index in [1.807, 2.05) is 72.4 Å². The predicted molar refractivity (Wildman–Crippen MR) is 113 cm³/mol. The van der Waals surface area contributed by atoms with Crippen LogP contribution >= 0.6 is 0 Å². The third-order valence-electron chi connectivity index (χ3n) is 4.79. The highest BCUT2D eigenvalue weighted by Gasteiger charge is 2.23. The molecule has 0 fully saturated rings. The molecule has 152 valence electrons. The molecule has 0 aliphatic carbocycles. The quantitative estimate of drug-likeness (QED) is 0.614. The van der Waals surface area contributed by atoms with Crippen molar-refractivity contribution in [1.29, 1.82) is 0 Å². The average Bonchev–Trinajstić information content (AvgIpc) is 3.26. The molecule has 6 nitrogen and oxygen atoms in total. The van der Waals surface area contributed by atoms with Crippen molar-refractivity contribution >= 4 is 11.6 Å². The van der Waals surface area contributed by atoms with Gasteiger partial charge in [0, 0.05) is 18.0 Å². The van der Waals surface area contributed by atoms with Crippen molar-refractivity contribution in [2.75, 3.05) is 26.6 Å². The van der Waals surface area contributed by atoms with Crippen molar-refractivity contribution in [3.63, 3.8) is 0 Å². The highest BCUT2D eigenvalue weighted by atomic mass is 16.5. The summed E-state index contributed by atoms with van der Waals surface area (Å²) in [6.45, 7) is 1.97. The van der Waals surface area contributed by atoms with E-state index >= 15 is 0 Å². The Hall–Kier alpha value is -3.41. The zero-order valence-corrected chi connectivity index (χ0v) is 17.1. The van der Waals surface area contributed by atoms with Gasteiger partial charge in [0.25, 0.3) is 0 Å². The second-order valence-corrected chi connectivity index (χ2v) is 6.68. The summed E-state index contributed by atoms with van der Waals surface area (Å²) >= 11 is 0. The highest BCUT2D eigenvalue weighted by Crippen LogP contribution is 2.38. The Morgan fingerprint density at radius 2 is 1.69 bits per heavy atom. The van der Waals surface area contributed by atoms with E-state index in [1.54, 1.807) is 21.3 Å². The van der Waals surface area contributed by atoms with E-state index in [1.165, 1.54) is 0 Å². The minimum Gasteiger partial charge on any atom is -0.495 e. The summed E-state index contributed by atoms with van der Waals surface area (Å²) in [4.78, 5) is 13.0. The number of aryl methyl sites for hydroxylation is 1. The fourth-order valence-electron chi connectivity index (χ4n) is 3.40. The van der Waals surface area contributed by atoms with E-state index in [0.29, 0.717) is 22.9 Å². The molecule has 1 atom stereocenters. The molecule has 0 aliphatic rings. The smallest absolute Gasteiger partial charge is 0.226 e. The van der Waals surface area contributed by atoms with Crippen molar-refractivity contribution in [2.45, 2.75) is 19.4 Å². The van der Waals surface area contributed by atoms with Crippen LogP contribution in [0.3, 0.4) is 0 Å². The van der Waals surface area contributed by atoms with Gasteiger partial charge in [-0.05, 0) is 42.8 Å². The molecule has 0 spiro atoms. The van der Waals surface area contributed by atoms with E-state index in [9.17, 15) is 4.79 Å². The van der Waals surface area contributed by atoms with Crippen molar-refractivity contribution in [1.82, 2.24) is 4.57 Å². The largest absolute Gasteiger partial charge is 0.495 e. The molecule has 0 radical (unpaired) electrons. The number of nitrogens with one attached hydrogen (secondary N) is 1. The molecule has 1 N–H and O–H groups in total. The lowest BCUT2D eigenvalue weighted by Crippen LogP contribution is -2.20. The second-order valence-electron chi connectivity index (χ2n) is 6.68. The lowest BCUT2D eigenvalue weighted by Gasteiger charge is -2.23. The zero-order chi connectivity index (χ0) is 20.8. The van der Waals surface area contributed by atoms with Gasteiger partial charge in [0.2, 0.25) is 5.91 Å².